The fraction of sp³-hybridized carbons (Fsp3) is 0.400. The molecule has 0 radical (unpaired) electrons. The molecule has 0 aliphatic carbocycles. The van der Waals surface area contributed by atoms with Gasteiger partial charge < -0.3 is 10.4 Å². The molecular formula is C10H14N2O4S. The third-order valence-electron chi connectivity index (χ3n) is 2.03. The average molecular weight is 258 g/mol. The number of carboxylic acids is 1. The molecular weight excluding hydrogens is 244 g/mol. The minimum absolute atomic E-state index is 0.0669. The van der Waals surface area contributed by atoms with Crippen LogP contribution in [-0.2, 0) is 14.6 Å². The van der Waals surface area contributed by atoms with Crippen LogP contribution in [-0.4, -0.2) is 36.8 Å². The molecule has 1 rings (SSSR count). The molecule has 1 atom stereocenters. The highest BCUT2D eigenvalue weighted by Crippen LogP contribution is 2.18. The van der Waals surface area contributed by atoms with E-state index in [-0.39, 0.29) is 17.1 Å². The lowest BCUT2D eigenvalue weighted by molar-refractivity contribution is -0.137. The van der Waals surface area contributed by atoms with Crippen molar-refractivity contribution >= 4 is 21.6 Å². The van der Waals surface area contributed by atoms with Gasteiger partial charge in [0.05, 0.1) is 6.42 Å². The lowest BCUT2D eigenvalue weighted by Gasteiger charge is -2.14. The number of carbonyl (C=O) groups is 1. The fourth-order valence-electron chi connectivity index (χ4n) is 1.34. The van der Waals surface area contributed by atoms with Crippen LogP contribution in [0.2, 0.25) is 0 Å². The van der Waals surface area contributed by atoms with Crippen LogP contribution < -0.4 is 5.32 Å². The van der Waals surface area contributed by atoms with Gasteiger partial charge >= 0.3 is 5.97 Å². The van der Waals surface area contributed by atoms with Gasteiger partial charge in [-0.25, -0.2) is 13.4 Å². The number of carboxylic acid groups (broad SMARTS) is 1. The first kappa shape index (κ1) is 13.4. The first-order valence-electron chi connectivity index (χ1n) is 4.94. The molecule has 2 N–H and O–H groups in total. The second-order valence-electron chi connectivity index (χ2n) is 3.77. The van der Waals surface area contributed by atoms with Crippen molar-refractivity contribution in [2.75, 3.05) is 11.6 Å². The van der Waals surface area contributed by atoms with Gasteiger partial charge in [0, 0.05) is 18.5 Å². The molecule has 17 heavy (non-hydrogen) atoms. The summed E-state index contributed by atoms with van der Waals surface area (Å²) >= 11 is 0. The normalized spacial score (nSPS) is 13.1. The van der Waals surface area contributed by atoms with E-state index in [1.165, 1.54) is 18.3 Å². The van der Waals surface area contributed by atoms with E-state index in [2.05, 4.69) is 10.3 Å². The molecule has 0 spiro atoms. The Bertz CT molecular complexity index is 513. The summed E-state index contributed by atoms with van der Waals surface area (Å²) in [6.45, 7) is 1.65. The zero-order valence-corrected chi connectivity index (χ0v) is 10.4. The number of nitrogens with one attached hydrogen (secondary N) is 1. The topological polar surface area (TPSA) is 96.4 Å². The molecule has 0 fully saturated rings. The van der Waals surface area contributed by atoms with Gasteiger partial charge in [0.15, 0.2) is 9.84 Å². The Hall–Kier alpha value is -1.63. The Labute approximate surface area is 99.6 Å². The summed E-state index contributed by atoms with van der Waals surface area (Å²) in [5, 5.41) is 11.4. The van der Waals surface area contributed by atoms with Gasteiger partial charge in [-0.15, -0.1) is 0 Å². The van der Waals surface area contributed by atoms with Crippen LogP contribution in [0.3, 0.4) is 0 Å². The largest absolute Gasteiger partial charge is 0.481 e. The molecule has 1 aromatic heterocycles. The molecule has 6 nitrogen and oxygen atoms in total. The first-order valence-corrected chi connectivity index (χ1v) is 6.83. The van der Waals surface area contributed by atoms with Crippen molar-refractivity contribution in [3.8, 4) is 0 Å². The van der Waals surface area contributed by atoms with E-state index in [1.54, 1.807) is 6.92 Å². The third-order valence-corrected chi connectivity index (χ3v) is 3.16. The molecule has 1 heterocycles. The number of anilines is 1. The molecule has 0 aliphatic heterocycles. The second-order valence-corrected chi connectivity index (χ2v) is 5.75. The molecule has 94 valence electrons. The second kappa shape index (κ2) is 5.13. The van der Waals surface area contributed by atoms with Crippen LogP contribution in [0.1, 0.15) is 13.3 Å². The summed E-state index contributed by atoms with van der Waals surface area (Å²) in [5.74, 6) is -0.773. The number of sulfone groups is 1. The van der Waals surface area contributed by atoms with E-state index in [0.29, 0.717) is 0 Å². The minimum atomic E-state index is -3.38. The van der Waals surface area contributed by atoms with E-state index >= 15 is 0 Å². The van der Waals surface area contributed by atoms with Crippen molar-refractivity contribution in [1.29, 1.82) is 0 Å². The van der Waals surface area contributed by atoms with E-state index < -0.39 is 21.8 Å². The Morgan fingerprint density at radius 3 is 2.76 bits per heavy atom. The Morgan fingerprint density at radius 2 is 2.24 bits per heavy atom. The van der Waals surface area contributed by atoms with Gasteiger partial charge in [-0.2, -0.15) is 0 Å². The molecule has 0 aliphatic rings. The van der Waals surface area contributed by atoms with Crippen molar-refractivity contribution in [3.05, 3.63) is 18.3 Å². The van der Waals surface area contributed by atoms with Gasteiger partial charge in [-0.05, 0) is 19.1 Å². The molecule has 0 saturated heterocycles. The molecule has 1 aromatic rings. The van der Waals surface area contributed by atoms with Crippen LogP contribution in [0.15, 0.2) is 23.2 Å². The highest BCUT2D eigenvalue weighted by Gasteiger charge is 2.16. The lowest BCUT2D eigenvalue weighted by atomic mass is 10.2. The van der Waals surface area contributed by atoms with Crippen molar-refractivity contribution in [2.45, 2.75) is 24.3 Å². The smallest absolute Gasteiger partial charge is 0.305 e. The maximum Gasteiger partial charge on any atom is 0.305 e. The van der Waals surface area contributed by atoms with Crippen molar-refractivity contribution in [1.82, 2.24) is 4.98 Å². The maximum atomic E-state index is 11.5. The van der Waals surface area contributed by atoms with E-state index in [0.717, 1.165) is 6.26 Å². The SMILES string of the molecule is CC(CC(=O)O)Nc1ncccc1S(C)(=O)=O. The van der Waals surface area contributed by atoms with Crippen LogP contribution in [0.25, 0.3) is 0 Å². The van der Waals surface area contributed by atoms with Crippen molar-refractivity contribution in [3.63, 3.8) is 0 Å². The summed E-state index contributed by atoms with van der Waals surface area (Å²) in [4.78, 5) is 14.5. The number of nitrogens with zero attached hydrogens (tertiary/aromatic N) is 1. The average Bonchev–Trinajstić information content (AvgIpc) is 2.15. The molecule has 0 aromatic carbocycles. The van der Waals surface area contributed by atoms with Gasteiger partial charge in [-0.3, -0.25) is 4.79 Å². The number of pyridine rings is 1. The van der Waals surface area contributed by atoms with Crippen LogP contribution in [0.5, 0.6) is 0 Å². The zero-order chi connectivity index (χ0) is 13.1. The molecule has 0 bridgehead atoms. The quantitative estimate of drug-likeness (QED) is 0.809. The number of hydrogen-bond acceptors (Lipinski definition) is 5. The molecule has 0 saturated carbocycles. The van der Waals surface area contributed by atoms with Crippen molar-refractivity contribution in [2.24, 2.45) is 0 Å². The number of aliphatic carboxylic acids is 1. The third kappa shape index (κ3) is 4.03. The Morgan fingerprint density at radius 1 is 1.59 bits per heavy atom. The summed E-state index contributed by atoms with van der Waals surface area (Å²) in [6, 6.07) is 2.55. The molecule has 0 amide bonds. The highest BCUT2D eigenvalue weighted by molar-refractivity contribution is 7.90. The van der Waals surface area contributed by atoms with Gasteiger partial charge in [0.1, 0.15) is 10.7 Å². The Balaban J connectivity index is 2.96. The first-order chi connectivity index (χ1) is 7.80. The maximum absolute atomic E-state index is 11.5. The van der Waals surface area contributed by atoms with Crippen LogP contribution in [0, 0.1) is 0 Å². The fourth-order valence-corrected chi connectivity index (χ4v) is 2.13. The minimum Gasteiger partial charge on any atom is -0.481 e. The number of hydrogen-bond donors (Lipinski definition) is 2. The van der Waals surface area contributed by atoms with Crippen molar-refractivity contribution < 1.29 is 18.3 Å². The standard InChI is InChI=1S/C10H14N2O4S/c1-7(6-9(13)14)12-10-8(17(2,15)16)4-3-5-11-10/h3-5,7H,6H2,1-2H3,(H,11,12)(H,13,14). The summed E-state index contributed by atoms with van der Waals surface area (Å²) < 4.78 is 22.9. The van der Waals surface area contributed by atoms with Gasteiger partial charge in [0.2, 0.25) is 0 Å². The summed E-state index contributed by atoms with van der Waals surface area (Å²) in [5.41, 5.74) is 0. The predicted octanol–water partition coefficient (Wildman–Crippen LogP) is 0.760. The predicted molar refractivity (Wildman–Crippen MR) is 62.7 cm³/mol. The lowest BCUT2D eigenvalue weighted by Crippen LogP contribution is -2.21. The Kier molecular flexibility index (Phi) is 4.06. The van der Waals surface area contributed by atoms with Gasteiger partial charge in [0.25, 0.3) is 0 Å². The van der Waals surface area contributed by atoms with E-state index in [9.17, 15) is 13.2 Å². The van der Waals surface area contributed by atoms with E-state index in [4.69, 9.17) is 5.11 Å². The molecule has 7 heteroatoms. The van der Waals surface area contributed by atoms with Crippen LogP contribution >= 0.6 is 0 Å². The zero-order valence-electron chi connectivity index (χ0n) is 9.54. The monoisotopic (exact) mass is 258 g/mol. The number of aromatic nitrogens is 1. The highest BCUT2D eigenvalue weighted by atomic mass is 32.2. The summed E-state index contributed by atoms with van der Waals surface area (Å²) in [6.07, 6.45) is 2.42. The van der Waals surface area contributed by atoms with Gasteiger partial charge in [-0.1, -0.05) is 0 Å². The molecule has 1 unspecified atom stereocenters. The van der Waals surface area contributed by atoms with E-state index in [1.807, 2.05) is 0 Å². The number of rotatable bonds is 5. The van der Waals surface area contributed by atoms with Crippen LogP contribution in [0.4, 0.5) is 5.82 Å². The summed E-state index contributed by atoms with van der Waals surface area (Å²) in [7, 11) is -3.38.